The van der Waals surface area contributed by atoms with Gasteiger partial charge in [0, 0.05) is 6.54 Å². The van der Waals surface area contributed by atoms with Crippen molar-refractivity contribution >= 4 is 17.8 Å². The van der Waals surface area contributed by atoms with E-state index < -0.39 is 17.5 Å². The summed E-state index contributed by atoms with van der Waals surface area (Å²) in [6.07, 6.45) is 2.63. The maximum atomic E-state index is 12.9. The van der Waals surface area contributed by atoms with Gasteiger partial charge in [-0.25, -0.2) is 9.18 Å². The molecule has 7 heteroatoms. The number of nitrogens with zero attached hydrogens (tertiary/aromatic N) is 1. The zero-order valence-corrected chi connectivity index (χ0v) is 14.6. The minimum atomic E-state index is -0.891. The van der Waals surface area contributed by atoms with E-state index in [0.29, 0.717) is 12.8 Å². The van der Waals surface area contributed by atoms with Gasteiger partial charge in [-0.2, -0.15) is 0 Å². The number of benzene rings is 1. The SMILES string of the molecule is CCCC1(CCC)NC(=O)N(CC(=O)NCc2ccc(F)cc2)C1=O. The molecule has 6 nitrogen and oxygen atoms in total. The molecule has 0 aliphatic carbocycles. The quantitative estimate of drug-likeness (QED) is 0.707. The molecule has 1 aromatic rings. The summed E-state index contributed by atoms with van der Waals surface area (Å²) in [6, 6.07) is 5.23. The van der Waals surface area contributed by atoms with Gasteiger partial charge in [0.1, 0.15) is 17.9 Å². The van der Waals surface area contributed by atoms with E-state index in [-0.39, 0.29) is 24.8 Å². The van der Waals surface area contributed by atoms with Gasteiger partial charge in [0.05, 0.1) is 0 Å². The molecule has 0 aromatic heterocycles. The molecule has 1 aromatic carbocycles. The van der Waals surface area contributed by atoms with Gasteiger partial charge in [-0.1, -0.05) is 38.8 Å². The molecule has 0 spiro atoms. The molecule has 1 fully saturated rings. The first-order valence-electron chi connectivity index (χ1n) is 8.57. The Morgan fingerprint density at radius 2 is 1.76 bits per heavy atom. The van der Waals surface area contributed by atoms with E-state index in [4.69, 9.17) is 0 Å². The van der Waals surface area contributed by atoms with Crippen LogP contribution in [0.15, 0.2) is 24.3 Å². The van der Waals surface area contributed by atoms with E-state index in [1.54, 1.807) is 12.1 Å². The molecule has 4 amide bonds. The Hall–Kier alpha value is -2.44. The molecule has 136 valence electrons. The van der Waals surface area contributed by atoms with Crippen LogP contribution in [0.1, 0.15) is 45.1 Å². The van der Waals surface area contributed by atoms with Crippen LogP contribution in [0.3, 0.4) is 0 Å². The number of imide groups is 1. The van der Waals surface area contributed by atoms with Crippen molar-refractivity contribution in [2.45, 2.75) is 51.6 Å². The van der Waals surface area contributed by atoms with Crippen LogP contribution in [0.2, 0.25) is 0 Å². The minimum absolute atomic E-state index is 0.206. The second kappa shape index (κ2) is 8.09. The number of halogens is 1. The monoisotopic (exact) mass is 349 g/mol. The predicted molar refractivity (Wildman–Crippen MR) is 91.0 cm³/mol. The molecule has 1 heterocycles. The third-order valence-corrected chi connectivity index (χ3v) is 4.30. The van der Waals surface area contributed by atoms with Crippen LogP contribution in [0.4, 0.5) is 9.18 Å². The number of carbonyl (C=O) groups is 3. The van der Waals surface area contributed by atoms with Gasteiger partial charge < -0.3 is 10.6 Å². The number of nitrogens with one attached hydrogen (secondary N) is 2. The standard InChI is InChI=1S/C18H24FN3O3/c1-3-9-18(10-4-2)16(24)22(17(25)21-18)12-15(23)20-11-13-5-7-14(19)8-6-13/h5-8H,3-4,9-12H2,1-2H3,(H,20,23)(H,21,25). The number of rotatable bonds is 8. The fourth-order valence-corrected chi connectivity index (χ4v) is 3.14. The van der Waals surface area contributed by atoms with Crippen molar-refractivity contribution in [3.05, 3.63) is 35.6 Å². The Balaban J connectivity index is 1.96. The fraction of sp³-hybridized carbons (Fsp3) is 0.500. The molecule has 0 unspecified atom stereocenters. The first kappa shape index (κ1) is 18.9. The predicted octanol–water partition coefficient (Wildman–Crippen LogP) is 2.33. The zero-order chi connectivity index (χ0) is 18.4. The van der Waals surface area contributed by atoms with Crippen LogP contribution in [-0.2, 0) is 16.1 Å². The van der Waals surface area contributed by atoms with Crippen molar-refractivity contribution in [1.82, 2.24) is 15.5 Å². The lowest BCUT2D eigenvalue weighted by molar-refractivity contribution is -0.135. The zero-order valence-electron chi connectivity index (χ0n) is 14.6. The highest BCUT2D eigenvalue weighted by Crippen LogP contribution is 2.27. The van der Waals surface area contributed by atoms with Gasteiger partial charge in [0.15, 0.2) is 0 Å². The molecule has 25 heavy (non-hydrogen) atoms. The Bertz CT molecular complexity index is 639. The summed E-state index contributed by atoms with van der Waals surface area (Å²) < 4.78 is 12.9. The molecule has 1 saturated heterocycles. The molecule has 0 bridgehead atoms. The van der Waals surface area contributed by atoms with E-state index in [2.05, 4.69) is 10.6 Å². The second-order valence-electron chi connectivity index (χ2n) is 6.31. The number of urea groups is 1. The Kier molecular flexibility index (Phi) is 6.12. The largest absolute Gasteiger partial charge is 0.350 e. The second-order valence-corrected chi connectivity index (χ2v) is 6.31. The van der Waals surface area contributed by atoms with Crippen LogP contribution < -0.4 is 10.6 Å². The summed E-state index contributed by atoms with van der Waals surface area (Å²) in [5, 5.41) is 5.41. The van der Waals surface area contributed by atoms with E-state index in [1.807, 2.05) is 13.8 Å². The Morgan fingerprint density at radius 3 is 2.32 bits per heavy atom. The molecule has 2 rings (SSSR count). The molecular formula is C18H24FN3O3. The molecule has 1 aliphatic rings. The fourth-order valence-electron chi connectivity index (χ4n) is 3.14. The van der Waals surface area contributed by atoms with Crippen LogP contribution in [0.25, 0.3) is 0 Å². The van der Waals surface area contributed by atoms with Crippen molar-refractivity contribution in [3.8, 4) is 0 Å². The Labute approximate surface area is 146 Å². The van der Waals surface area contributed by atoms with Gasteiger partial charge in [-0.3, -0.25) is 14.5 Å². The van der Waals surface area contributed by atoms with Crippen molar-refractivity contribution in [3.63, 3.8) is 0 Å². The summed E-state index contributed by atoms with van der Waals surface area (Å²) in [5.41, 5.74) is -0.157. The molecule has 1 aliphatic heterocycles. The summed E-state index contributed by atoms with van der Waals surface area (Å²) in [5.74, 6) is -1.12. The molecular weight excluding hydrogens is 325 g/mol. The summed E-state index contributed by atoms with van der Waals surface area (Å²) in [6.45, 7) is 3.79. The number of amides is 4. The minimum Gasteiger partial charge on any atom is -0.350 e. The average Bonchev–Trinajstić information content (AvgIpc) is 2.79. The normalized spacial score (nSPS) is 16.0. The summed E-state index contributed by atoms with van der Waals surface area (Å²) >= 11 is 0. The van der Waals surface area contributed by atoms with Gasteiger partial charge in [0.25, 0.3) is 5.91 Å². The van der Waals surface area contributed by atoms with E-state index in [9.17, 15) is 18.8 Å². The third kappa shape index (κ3) is 4.35. The lowest BCUT2D eigenvalue weighted by Crippen LogP contribution is -2.47. The number of carbonyl (C=O) groups excluding carboxylic acids is 3. The van der Waals surface area contributed by atoms with Crippen molar-refractivity contribution < 1.29 is 18.8 Å². The Morgan fingerprint density at radius 1 is 1.16 bits per heavy atom. The molecule has 2 N–H and O–H groups in total. The number of hydrogen-bond acceptors (Lipinski definition) is 3. The molecule has 0 radical (unpaired) electrons. The lowest BCUT2D eigenvalue weighted by atomic mass is 9.88. The van der Waals surface area contributed by atoms with E-state index >= 15 is 0 Å². The van der Waals surface area contributed by atoms with Gasteiger partial charge >= 0.3 is 6.03 Å². The highest BCUT2D eigenvalue weighted by molar-refractivity contribution is 6.09. The maximum Gasteiger partial charge on any atom is 0.325 e. The van der Waals surface area contributed by atoms with Gasteiger partial charge in [0.2, 0.25) is 5.91 Å². The smallest absolute Gasteiger partial charge is 0.325 e. The first-order valence-corrected chi connectivity index (χ1v) is 8.57. The van der Waals surface area contributed by atoms with Crippen LogP contribution in [0, 0.1) is 5.82 Å². The topological polar surface area (TPSA) is 78.5 Å². The van der Waals surface area contributed by atoms with Crippen LogP contribution in [-0.4, -0.2) is 34.8 Å². The lowest BCUT2D eigenvalue weighted by Gasteiger charge is -2.25. The van der Waals surface area contributed by atoms with E-state index in [1.165, 1.54) is 12.1 Å². The highest BCUT2D eigenvalue weighted by Gasteiger charge is 2.50. The van der Waals surface area contributed by atoms with Crippen molar-refractivity contribution in [2.75, 3.05) is 6.54 Å². The highest BCUT2D eigenvalue weighted by atomic mass is 19.1. The van der Waals surface area contributed by atoms with Crippen molar-refractivity contribution in [2.24, 2.45) is 0 Å². The third-order valence-electron chi connectivity index (χ3n) is 4.30. The molecule has 0 saturated carbocycles. The van der Waals surface area contributed by atoms with Crippen LogP contribution in [0.5, 0.6) is 0 Å². The average molecular weight is 349 g/mol. The van der Waals surface area contributed by atoms with E-state index in [0.717, 1.165) is 23.3 Å². The summed E-state index contributed by atoms with van der Waals surface area (Å²) in [7, 11) is 0. The molecule has 0 atom stereocenters. The van der Waals surface area contributed by atoms with Gasteiger partial charge in [-0.05, 0) is 30.5 Å². The van der Waals surface area contributed by atoms with Gasteiger partial charge in [-0.15, -0.1) is 0 Å². The first-order chi connectivity index (χ1) is 11.9. The maximum absolute atomic E-state index is 12.9. The van der Waals surface area contributed by atoms with Crippen molar-refractivity contribution in [1.29, 1.82) is 0 Å². The van der Waals surface area contributed by atoms with Crippen LogP contribution >= 0.6 is 0 Å². The number of hydrogen-bond donors (Lipinski definition) is 2. The summed E-state index contributed by atoms with van der Waals surface area (Å²) in [4.78, 5) is 37.9.